The molecule has 8 nitrogen and oxygen atoms in total. The van der Waals surface area contributed by atoms with E-state index in [-0.39, 0.29) is 5.56 Å². The number of imidazole rings is 1. The summed E-state index contributed by atoms with van der Waals surface area (Å²) in [6, 6.07) is 1.88. The molecule has 0 fully saturated rings. The third kappa shape index (κ3) is 2.64. The van der Waals surface area contributed by atoms with Gasteiger partial charge in [0.25, 0.3) is 5.56 Å². The summed E-state index contributed by atoms with van der Waals surface area (Å²) in [6.07, 6.45) is 3.63. The van der Waals surface area contributed by atoms with Crippen LogP contribution < -0.4 is 11.2 Å². The number of rotatable bonds is 5. The van der Waals surface area contributed by atoms with Crippen molar-refractivity contribution in [2.24, 2.45) is 0 Å². The number of nitrogens with one attached hydrogen (secondary N) is 2. The van der Waals surface area contributed by atoms with Crippen LogP contribution in [0.25, 0.3) is 11.2 Å². The van der Waals surface area contributed by atoms with Gasteiger partial charge in [-0.05, 0) is 19.8 Å². The predicted octanol–water partition coefficient (Wildman–Crippen LogP) is 0.732. The minimum absolute atomic E-state index is 0.290. The normalized spacial score (nSPS) is 11.3. The molecular weight excluding hydrogens is 274 g/mol. The highest BCUT2D eigenvalue weighted by molar-refractivity contribution is 5.67. The van der Waals surface area contributed by atoms with Crippen LogP contribution >= 0.6 is 0 Å². The summed E-state index contributed by atoms with van der Waals surface area (Å²) in [5.74, 6) is 0.817. The molecule has 110 valence electrons. The second kappa shape index (κ2) is 5.39. The van der Waals surface area contributed by atoms with Gasteiger partial charge in [0.05, 0.1) is 12.0 Å². The zero-order valence-electron chi connectivity index (χ0n) is 11.5. The molecule has 0 aliphatic rings. The van der Waals surface area contributed by atoms with E-state index in [1.807, 2.05) is 13.0 Å². The summed E-state index contributed by atoms with van der Waals surface area (Å²) < 4.78 is 6.30. The number of aromatic nitrogens is 5. The molecule has 3 rings (SSSR count). The lowest BCUT2D eigenvalue weighted by Crippen LogP contribution is -2.35. The van der Waals surface area contributed by atoms with Gasteiger partial charge in [0.1, 0.15) is 11.3 Å². The third-order valence-electron chi connectivity index (χ3n) is 3.30. The van der Waals surface area contributed by atoms with E-state index < -0.39 is 5.69 Å². The smallest absolute Gasteiger partial charge is 0.330 e. The summed E-state index contributed by atoms with van der Waals surface area (Å²) in [7, 11) is 0. The highest BCUT2D eigenvalue weighted by Crippen LogP contribution is 2.07. The maximum absolute atomic E-state index is 12.1. The average Bonchev–Trinajstić information content (AvgIpc) is 3.06. The van der Waals surface area contributed by atoms with Gasteiger partial charge < -0.3 is 9.51 Å². The maximum Gasteiger partial charge on any atom is 0.330 e. The van der Waals surface area contributed by atoms with E-state index in [0.29, 0.717) is 24.1 Å². The van der Waals surface area contributed by atoms with Gasteiger partial charge >= 0.3 is 5.69 Å². The van der Waals surface area contributed by atoms with Crippen molar-refractivity contribution in [2.75, 3.05) is 0 Å². The lowest BCUT2D eigenvalue weighted by atomic mass is 10.2. The first-order valence-corrected chi connectivity index (χ1v) is 6.73. The van der Waals surface area contributed by atoms with Gasteiger partial charge in [0.15, 0.2) is 5.65 Å². The van der Waals surface area contributed by atoms with Crippen LogP contribution in [0, 0.1) is 6.92 Å². The second-order valence-electron chi connectivity index (χ2n) is 4.90. The van der Waals surface area contributed by atoms with Crippen molar-refractivity contribution in [1.29, 1.82) is 0 Å². The van der Waals surface area contributed by atoms with Gasteiger partial charge in [-0.2, -0.15) is 0 Å². The first-order chi connectivity index (χ1) is 10.1. The third-order valence-corrected chi connectivity index (χ3v) is 3.30. The van der Waals surface area contributed by atoms with E-state index in [2.05, 4.69) is 20.1 Å². The molecule has 0 saturated heterocycles. The number of H-pyrrole nitrogens is 2. The van der Waals surface area contributed by atoms with E-state index in [0.717, 1.165) is 24.3 Å². The van der Waals surface area contributed by atoms with Crippen molar-refractivity contribution in [1.82, 2.24) is 24.7 Å². The molecule has 0 aliphatic carbocycles. The van der Waals surface area contributed by atoms with Crippen LogP contribution in [-0.2, 0) is 13.0 Å². The Bertz CT molecular complexity index is 870. The Hall–Kier alpha value is -2.64. The number of unbranched alkanes of at least 4 members (excludes halogenated alkanes) is 1. The molecular formula is C13H15N5O3. The number of hydrogen-bond acceptors (Lipinski definition) is 5. The summed E-state index contributed by atoms with van der Waals surface area (Å²) in [5, 5.41) is 3.81. The van der Waals surface area contributed by atoms with Crippen LogP contribution in [0.5, 0.6) is 0 Å². The second-order valence-corrected chi connectivity index (χ2v) is 4.90. The molecule has 0 aromatic carbocycles. The molecule has 3 aromatic rings. The fourth-order valence-electron chi connectivity index (χ4n) is 2.25. The molecule has 0 radical (unpaired) electrons. The largest absolute Gasteiger partial charge is 0.361 e. The fourth-order valence-corrected chi connectivity index (χ4v) is 2.25. The summed E-state index contributed by atoms with van der Waals surface area (Å²) >= 11 is 0. The first-order valence-electron chi connectivity index (χ1n) is 6.73. The fraction of sp³-hybridized carbons (Fsp3) is 0.385. The molecule has 3 heterocycles. The topological polar surface area (TPSA) is 110 Å². The molecule has 0 unspecified atom stereocenters. The van der Waals surface area contributed by atoms with Gasteiger partial charge in [-0.3, -0.25) is 14.3 Å². The van der Waals surface area contributed by atoms with E-state index in [4.69, 9.17) is 4.52 Å². The van der Waals surface area contributed by atoms with Crippen LogP contribution in [0.3, 0.4) is 0 Å². The Kier molecular flexibility index (Phi) is 3.43. The summed E-state index contributed by atoms with van der Waals surface area (Å²) in [5.41, 5.74) is 0.679. The van der Waals surface area contributed by atoms with Crippen LogP contribution in [0.1, 0.15) is 24.3 Å². The first kappa shape index (κ1) is 13.3. The molecule has 0 aliphatic heterocycles. The average molecular weight is 289 g/mol. The maximum atomic E-state index is 12.1. The summed E-state index contributed by atoms with van der Waals surface area (Å²) in [6.45, 7) is 2.22. The van der Waals surface area contributed by atoms with Crippen LogP contribution in [0.4, 0.5) is 0 Å². The van der Waals surface area contributed by atoms with Gasteiger partial charge in [-0.15, -0.1) is 0 Å². The molecule has 3 aromatic heterocycles. The number of aryl methyl sites for hydroxylation is 2. The monoisotopic (exact) mass is 289 g/mol. The molecule has 8 heteroatoms. The van der Waals surface area contributed by atoms with Crippen molar-refractivity contribution < 1.29 is 4.52 Å². The van der Waals surface area contributed by atoms with Crippen molar-refractivity contribution >= 4 is 11.2 Å². The Morgan fingerprint density at radius 3 is 2.95 bits per heavy atom. The molecule has 0 saturated carbocycles. The van der Waals surface area contributed by atoms with Gasteiger partial charge in [0.2, 0.25) is 0 Å². The SMILES string of the molecule is Cc1cc(CCCCn2c(=O)[nH]c3nc[nH]c3c2=O)on1. The molecule has 21 heavy (non-hydrogen) atoms. The number of nitrogens with zero attached hydrogens (tertiary/aromatic N) is 3. The number of hydrogen-bond donors (Lipinski definition) is 2. The zero-order chi connectivity index (χ0) is 14.8. The Morgan fingerprint density at radius 1 is 1.33 bits per heavy atom. The Morgan fingerprint density at radius 2 is 2.19 bits per heavy atom. The number of aromatic amines is 2. The van der Waals surface area contributed by atoms with Gasteiger partial charge in [0, 0.05) is 19.0 Å². The Balaban J connectivity index is 1.68. The minimum atomic E-state index is -0.435. The highest BCUT2D eigenvalue weighted by Gasteiger charge is 2.09. The van der Waals surface area contributed by atoms with E-state index in [9.17, 15) is 9.59 Å². The van der Waals surface area contributed by atoms with Crippen LogP contribution in [-0.4, -0.2) is 24.7 Å². The minimum Gasteiger partial charge on any atom is -0.361 e. The van der Waals surface area contributed by atoms with Crippen molar-refractivity contribution in [3.05, 3.63) is 44.7 Å². The van der Waals surface area contributed by atoms with E-state index in [1.165, 1.54) is 10.9 Å². The molecule has 2 N–H and O–H groups in total. The van der Waals surface area contributed by atoms with Gasteiger partial charge in [-0.25, -0.2) is 9.78 Å². The molecule has 0 atom stereocenters. The lowest BCUT2D eigenvalue weighted by Gasteiger charge is -2.03. The van der Waals surface area contributed by atoms with Crippen LogP contribution in [0.2, 0.25) is 0 Å². The van der Waals surface area contributed by atoms with Crippen molar-refractivity contribution in [3.63, 3.8) is 0 Å². The lowest BCUT2D eigenvalue weighted by molar-refractivity contribution is 0.374. The van der Waals surface area contributed by atoms with Crippen molar-refractivity contribution in [3.8, 4) is 0 Å². The van der Waals surface area contributed by atoms with Crippen LogP contribution in [0.15, 0.2) is 26.5 Å². The number of fused-ring (bicyclic) bond motifs is 1. The van der Waals surface area contributed by atoms with E-state index in [1.54, 1.807) is 0 Å². The quantitative estimate of drug-likeness (QED) is 0.673. The van der Waals surface area contributed by atoms with Crippen molar-refractivity contribution in [2.45, 2.75) is 32.7 Å². The van der Waals surface area contributed by atoms with Gasteiger partial charge in [-0.1, -0.05) is 5.16 Å². The summed E-state index contributed by atoms with van der Waals surface area (Å²) in [4.78, 5) is 33.2. The predicted molar refractivity (Wildman–Crippen MR) is 75.2 cm³/mol. The molecule has 0 bridgehead atoms. The zero-order valence-corrected chi connectivity index (χ0v) is 11.5. The standard InChI is InChI=1S/C13H15N5O3/c1-8-6-9(21-17-8)4-2-3-5-18-12(19)10-11(15-7-14-10)16-13(18)20/h6-7H,2-5H2,1H3,(H,14,15)(H,16,20). The van der Waals surface area contributed by atoms with E-state index >= 15 is 0 Å². The highest BCUT2D eigenvalue weighted by atomic mass is 16.5. The molecule has 0 spiro atoms. The molecule has 0 amide bonds. The Labute approximate surface area is 118 Å².